The van der Waals surface area contributed by atoms with Crippen LogP contribution in [0.4, 0.5) is 0 Å². The van der Waals surface area contributed by atoms with Gasteiger partial charge in [0.05, 0.1) is 32.6 Å². The summed E-state index contributed by atoms with van der Waals surface area (Å²) in [5, 5.41) is 10.8. The largest absolute Gasteiger partial charge is 0.507 e. The molecule has 2 heterocycles. The molecule has 2 aromatic carbocycles. The third-order valence-electron chi connectivity index (χ3n) is 4.57. The standard InChI is InChI=1S/C21H19N3O4/c1-26-14-6-4-13(5-7-14)16-12-23-21-22-8-9-24(21)20(16)19-17(25)10-15(27-2)11-18(19)28-3/h4-12,25H,1-3H3. The quantitative estimate of drug-likeness (QED) is 0.570. The Morgan fingerprint density at radius 3 is 2.32 bits per heavy atom. The molecule has 7 heteroatoms. The van der Waals surface area contributed by atoms with Crippen molar-refractivity contribution < 1.29 is 19.3 Å². The second kappa shape index (κ2) is 7.11. The maximum atomic E-state index is 10.8. The molecule has 0 aliphatic carbocycles. The van der Waals surface area contributed by atoms with E-state index in [1.54, 1.807) is 44.9 Å². The molecule has 0 saturated heterocycles. The number of nitrogens with zero attached hydrogens (tertiary/aromatic N) is 3. The molecule has 0 fully saturated rings. The summed E-state index contributed by atoms with van der Waals surface area (Å²) in [4.78, 5) is 8.71. The minimum absolute atomic E-state index is 0.0344. The minimum Gasteiger partial charge on any atom is -0.507 e. The van der Waals surface area contributed by atoms with Crippen molar-refractivity contribution in [3.05, 3.63) is 55.0 Å². The SMILES string of the molecule is COc1ccc(-c2cnc3nccn3c2-c2c(O)cc(OC)cc2OC)cc1. The van der Waals surface area contributed by atoms with Crippen LogP contribution < -0.4 is 14.2 Å². The van der Waals surface area contributed by atoms with Crippen LogP contribution in [0.5, 0.6) is 23.0 Å². The summed E-state index contributed by atoms with van der Waals surface area (Å²) in [5.74, 6) is 2.29. The number of hydrogen-bond donors (Lipinski definition) is 1. The fourth-order valence-electron chi connectivity index (χ4n) is 3.21. The number of rotatable bonds is 5. The van der Waals surface area contributed by atoms with Crippen LogP contribution >= 0.6 is 0 Å². The first-order valence-corrected chi connectivity index (χ1v) is 8.58. The number of methoxy groups -OCH3 is 3. The molecule has 0 bridgehead atoms. The van der Waals surface area contributed by atoms with Crippen molar-refractivity contribution >= 4 is 5.78 Å². The molecule has 0 aliphatic rings. The smallest absolute Gasteiger partial charge is 0.234 e. The number of fused-ring (bicyclic) bond motifs is 1. The van der Waals surface area contributed by atoms with E-state index in [1.165, 1.54) is 7.11 Å². The zero-order valence-electron chi connectivity index (χ0n) is 15.7. The lowest BCUT2D eigenvalue weighted by atomic mass is 9.98. The molecule has 0 atom stereocenters. The number of hydrogen-bond acceptors (Lipinski definition) is 6. The molecule has 0 saturated carbocycles. The Kier molecular flexibility index (Phi) is 4.49. The summed E-state index contributed by atoms with van der Waals surface area (Å²) >= 11 is 0. The molecular weight excluding hydrogens is 358 g/mol. The van der Waals surface area contributed by atoms with Gasteiger partial charge in [0.2, 0.25) is 5.78 Å². The lowest BCUT2D eigenvalue weighted by Crippen LogP contribution is -2.00. The van der Waals surface area contributed by atoms with Crippen molar-refractivity contribution in [2.45, 2.75) is 0 Å². The first-order chi connectivity index (χ1) is 13.7. The van der Waals surface area contributed by atoms with Gasteiger partial charge in [-0.15, -0.1) is 0 Å². The highest BCUT2D eigenvalue weighted by Crippen LogP contribution is 2.44. The average Bonchev–Trinajstić information content (AvgIpc) is 3.21. The van der Waals surface area contributed by atoms with E-state index in [9.17, 15) is 5.11 Å². The van der Waals surface area contributed by atoms with Crippen LogP contribution in [0.25, 0.3) is 28.2 Å². The van der Waals surface area contributed by atoms with Crippen molar-refractivity contribution in [2.75, 3.05) is 21.3 Å². The monoisotopic (exact) mass is 377 g/mol. The Morgan fingerprint density at radius 2 is 1.64 bits per heavy atom. The van der Waals surface area contributed by atoms with Crippen LogP contribution in [-0.2, 0) is 0 Å². The van der Waals surface area contributed by atoms with Gasteiger partial charge < -0.3 is 19.3 Å². The third-order valence-corrected chi connectivity index (χ3v) is 4.57. The van der Waals surface area contributed by atoms with Gasteiger partial charge in [0.25, 0.3) is 0 Å². The van der Waals surface area contributed by atoms with E-state index in [1.807, 2.05) is 28.7 Å². The number of benzene rings is 2. The van der Waals surface area contributed by atoms with E-state index in [4.69, 9.17) is 14.2 Å². The van der Waals surface area contributed by atoms with Gasteiger partial charge in [-0.3, -0.25) is 4.40 Å². The van der Waals surface area contributed by atoms with E-state index < -0.39 is 0 Å². The number of aromatic nitrogens is 3. The average molecular weight is 377 g/mol. The second-order valence-electron chi connectivity index (χ2n) is 6.07. The highest BCUT2D eigenvalue weighted by molar-refractivity contribution is 5.88. The Morgan fingerprint density at radius 1 is 0.893 bits per heavy atom. The molecule has 0 aliphatic heterocycles. The molecule has 0 spiro atoms. The van der Waals surface area contributed by atoms with Gasteiger partial charge in [-0.2, -0.15) is 0 Å². The summed E-state index contributed by atoms with van der Waals surface area (Å²) in [6.07, 6.45) is 5.20. The minimum atomic E-state index is 0.0344. The van der Waals surface area contributed by atoms with E-state index >= 15 is 0 Å². The lowest BCUT2D eigenvalue weighted by Gasteiger charge is -2.17. The summed E-state index contributed by atoms with van der Waals surface area (Å²) in [5.41, 5.74) is 2.97. The van der Waals surface area contributed by atoms with Crippen molar-refractivity contribution in [1.82, 2.24) is 14.4 Å². The number of phenols is 1. The van der Waals surface area contributed by atoms with Gasteiger partial charge in [0.1, 0.15) is 23.0 Å². The topological polar surface area (TPSA) is 78.1 Å². The van der Waals surface area contributed by atoms with Crippen LogP contribution in [0.1, 0.15) is 0 Å². The number of aromatic hydroxyl groups is 1. The fourth-order valence-corrected chi connectivity index (χ4v) is 3.21. The van der Waals surface area contributed by atoms with Crippen LogP contribution in [0, 0.1) is 0 Å². The number of ether oxygens (including phenoxy) is 3. The first-order valence-electron chi connectivity index (χ1n) is 8.58. The highest BCUT2D eigenvalue weighted by atomic mass is 16.5. The predicted molar refractivity (Wildman–Crippen MR) is 105 cm³/mol. The Hall–Kier alpha value is -3.74. The van der Waals surface area contributed by atoms with Crippen LogP contribution in [0.3, 0.4) is 0 Å². The van der Waals surface area contributed by atoms with Gasteiger partial charge in [-0.05, 0) is 17.7 Å². The summed E-state index contributed by atoms with van der Waals surface area (Å²) in [6, 6.07) is 10.9. The molecule has 4 aromatic rings. The normalized spacial score (nSPS) is 10.8. The van der Waals surface area contributed by atoms with Gasteiger partial charge in [0, 0.05) is 36.3 Å². The second-order valence-corrected chi connectivity index (χ2v) is 6.07. The lowest BCUT2D eigenvalue weighted by molar-refractivity contribution is 0.386. The molecule has 28 heavy (non-hydrogen) atoms. The molecule has 0 amide bonds. The zero-order chi connectivity index (χ0) is 19.7. The van der Waals surface area contributed by atoms with E-state index in [-0.39, 0.29) is 5.75 Å². The molecule has 7 nitrogen and oxygen atoms in total. The molecule has 4 rings (SSSR count). The van der Waals surface area contributed by atoms with Gasteiger partial charge >= 0.3 is 0 Å². The zero-order valence-corrected chi connectivity index (χ0v) is 15.7. The number of imidazole rings is 1. The van der Waals surface area contributed by atoms with Crippen molar-refractivity contribution in [3.63, 3.8) is 0 Å². The predicted octanol–water partition coefficient (Wildman–Crippen LogP) is 3.79. The Labute approximate surface area is 161 Å². The maximum absolute atomic E-state index is 10.8. The third kappa shape index (κ3) is 2.87. The first kappa shape index (κ1) is 17.7. The van der Waals surface area contributed by atoms with Gasteiger partial charge in [0.15, 0.2) is 0 Å². The fraction of sp³-hybridized carbons (Fsp3) is 0.143. The van der Waals surface area contributed by atoms with Crippen LogP contribution in [0.15, 0.2) is 55.0 Å². The molecule has 1 N–H and O–H groups in total. The molecule has 2 aromatic heterocycles. The van der Waals surface area contributed by atoms with E-state index in [0.717, 1.165) is 16.9 Å². The van der Waals surface area contributed by atoms with E-state index in [0.29, 0.717) is 28.5 Å². The van der Waals surface area contributed by atoms with Crippen molar-refractivity contribution in [2.24, 2.45) is 0 Å². The van der Waals surface area contributed by atoms with Crippen LogP contribution in [0.2, 0.25) is 0 Å². The Bertz CT molecular complexity index is 1140. The van der Waals surface area contributed by atoms with Crippen LogP contribution in [-0.4, -0.2) is 40.8 Å². The molecule has 142 valence electrons. The molecule has 0 unspecified atom stereocenters. The van der Waals surface area contributed by atoms with Crippen molar-refractivity contribution in [3.8, 4) is 45.4 Å². The molecule has 0 radical (unpaired) electrons. The molecular formula is C21H19N3O4. The Balaban J connectivity index is 2.04. The van der Waals surface area contributed by atoms with Gasteiger partial charge in [-0.25, -0.2) is 9.97 Å². The highest BCUT2D eigenvalue weighted by Gasteiger charge is 2.21. The summed E-state index contributed by atoms with van der Waals surface area (Å²) in [7, 11) is 4.72. The summed E-state index contributed by atoms with van der Waals surface area (Å²) in [6.45, 7) is 0. The summed E-state index contributed by atoms with van der Waals surface area (Å²) < 4.78 is 17.9. The number of phenolic OH excluding ortho intramolecular Hbond substituents is 1. The van der Waals surface area contributed by atoms with Gasteiger partial charge in [-0.1, -0.05) is 12.1 Å². The maximum Gasteiger partial charge on any atom is 0.234 e. The van der Waals surface area contributed by atoms with Crippen molar-refractivity contribution in [1.29, 1.82) is 0 Å². The van der Waals surface area contributed by atoms with E-state index in [2.05, 4.69) is 9.97 Å².